The predicted molar refractivity (Wildman–Crippen MR) is 139 cm³/mol. The van der Waals surface area contributed by atoms with Gasteiger partial charge in [0.1, 0.15) is 0 Å². The van der Waals surface area contributed by atoms with Gasteiger partial charge in [-0.3, -0.25) is 0 Å². The van der Waals surface area contributed by atoms with Gasteiger partial charge in [0.25, 0.3) is 0 Å². The summed E-state index contributed by atoms with van der Waals surface area (Å²) in [5.41, 5.74) is 0.580. The molecule has 2 aromatic carbocycles. The van der Waals surface area contributed by atoms with E-state index in [-0.39, 0.29) is 46.8 Å². The number of ether oxygens (including phenoxy) is 1. The average Bonchev–Trinajstić information content (AvgIpc) is 2.92. The number of benzene rings is 2. The van der Waals surface area contributed by atoms with Crippen LogP contribution in [0.4, 0.5) is 0 Å². The summed E-state index contributed by atoms with van der Waals surface area (Å²) >= 11 is 0.194. The third kappa shape index (κ3) is 16.3. The van der Waals surface area contributed by atoms with Gasteiger partial charge in [-0.15, -0.1) is 8.58 Å². The molecule has 6 N–H and O–H groups in total. The summed E-state index contributed by atoms with van der Waals surface area (Å²) in [6.07, 6.45) is 2.41. The first kappa shape index (κ1) is 38.5. The number of rotatable bonds is 14. The molecule has 2 rings (SSSR count). The molecule has 2 aromatic rings. The molecule has 0 fully saturated rings. The Morgan fingerprint density at radius 1 is 0.611 bits per heavy atom. The summed E-state index contributed by atoms with van der Waals surface area (Å²) in [4.78, 5) is 0. The standard InChI is InChI=1S/C14H15P.C10H22O7.2ClH.Fe.Pd/c1-3-7-13(8-4-1)11-15-12-14-9-5-2-6-10-14;11-1-9(2-12,3-13)7-17-8-10(4-14,5-15)6-16;;;;/h1-10,15H,11-12H2;11-16H,1-8H2;2*1H;;/q;;;;+2;/p-2. The molecule has 0 aromatic heterocycles. The Bertz CT molecular complexity index is 655. The minimum absolute atomic E-state index is 0. The van der Waals surface area contributed by atoms with E-state index in [1.807, 2.05) is 0 Å². The van der Waals surface area contributed by atoms with Crippen LogP contribution in [0.15, 0.2) is 60.7 Å². The van der Waals surface area contributed by atoms with Gasteiger partial charge in [0.05, 0.1) is 63.7 Å². The van der Waals surface area contributed by atoms with Crippen LogP contribution in [0.2, 0.25) is 0 Å². The third-order valence-electron chi connectivity index (χ3n) is 5.17. The van der Waals surface area contributed by atoms with Gasteiger partial charge in [0, 0.05) is 20.4 Å². The fraction of sp³-hybridized carbons (Fsp3) is 0.500. The van der Waals surface area contributed by atoms with Crippen molar-refractivity contribution in [1.82, 2.24) is 0 Å². The van der Waals surface area contributed by atoms with Crippen LogP contribution < -0.4 is 0 Å². The normalized spacial score (nSPS) is 11.0. The number of hydrogen-bond donors (Lipinski definition) is 6. The van der Waals surface area contributed by atoms with E-state index >= 15 is 0 Å². The van der Waals surface area contributed by atoms with Crippen molar-refractivity contribution in [3.05, 3.63) is 71.8 Å². The summed E-state index contributed by atoms with van der Waals surface area (Å²) in [7, 11) is 10.5. The van der Waals surface area contributed by atoms with Crippen molar-refractivity contribution in [1.29, 1.82) is 0 Å². The molecule has 7 nitrogen and oxygen atoms in total. The molecule has 0 unspecified atom stereocenters. The smallest absolute Gasteiger partial charge is 0 e. The van der Waals surface area contributed by atoms with Crippen LogP contribution >= 0.6 is 28.8 Å². The van der Waals surface area contributed by atoms with Crippen LogP contribution in [-0.4, -0.2) is 83.5 Å². The molecule has 0 aliphatic carbocycles. The van der Waals surface area contributed by atoms with Crippen molar-refractivity contribution in [2.24, 2.45) is 10.8 Å². The van der Waals surface area contributed by atoms with Crippen molar-refractivity contribution >= 4 is 28.8 Å². The maximum absolute atomic E-state index is 9.03. The first-order chi connectivity index (χ1) is 16.9. The Balaban J connectivity index is 0. The van der Waals surface area contributed by atoms with Crippen LogP contribution in [-0.2, 0) is 50.6 Å². The molecule has 0 saturated heterocycles. The second-order valence-corrected chi connectivity index (χ2v) is 11.1. The topological polar surface area (TPSA) is 131 Å². The summed E-state index contributed by atoms with van der Waals surface area (Å²) in [5.74, 6) is 0. The van der Waals surface area contributed by atoms with E-state index in [0.717, 1.165) is 8.58 Å². The molecular weight excluding hydrogens is 664 g/mol. The summed E-state index contributed by atoms with van der Waals surface area (Å²) in [6, 6.07) is 21.4. The second-order valence-electron chi connectivity index (χ2n) is 8.07. The van der Waals surface area contributed by atoms with Crippen molar-refractivity contribution in [3.63, 3.8) is 0 Å². The molecule has 0 amide bonds. The second kappa shape index (κ2) is 24.4. The van der Waals surface area contributed by atoms with Gasteiger partial charge >= 0.3 is 33.3 Å². The Labute approximate surface area is 244 Å². The van der Waals surface area contributed by atoms with Crippen molar-refractivity contribution < 1.29 is 68.9 Å². The molecule has 0 saturated carbocycles. The number of aliphatic hydroxyl groups is 6. The Kier molecular flexibility index (Phi) is 26.1. The molecule has 0 bridgehead atoms. The monoisotopic (exact) mass is 700 g/mol. The van der Waals surface area contributed by atoms with E-state index in [9.17, 15) is 0 Å². The average molecular weight is 702 g/mol. The first-order valence-corrected chi connectivity index (χ1v) is 15.3. The molecule has 0 radical (unpaired) electrons. The van der Waals surface area contributed by atoms with Crippen LogP contribution in [0, 0.1) is 10.8 Å². The SMILES string of the molecule is OCC(CO)(CO)COCC(CO)(CO)CO.[Cl][Fe][Cl].[Pd].c1ccc(CPCc2ccccc2)cc1. The minimum atomic E-state index is -1.16. The number of aliphatic hydroxyl groups excluding tert-OH is 6. The zero-order valence-corrected chi connectivity index (χ0v) is 25.0. The molecule has 36 heavy (non-hydrogen) atoms. The van der Waals surface area contributed by atoms with E-state index in [1.54, 1.807) is 0 Å². The largest absolute Gasteiger partial charge is 0.113 e. The van der Waals surface area contributed by atoms with E-state index in [0.29, 0.717) is 0 Å². The van der Waals surface area contributed by atoms with Gasteiger partial charge in [0.15, 0.2) is 0 Å². The van der Waals surface area contributed by atoms with Gasteiger partial charge in [-0.1, -0.05) is 60.7 Å². The maximum Gasteiger partial charge on any atom is 0 e. The molecule has 0 heterocycles. The van der Waals surface area contributed by atoms with Crippen LogP contribution in [0.5, 0.6) is 0 Å². The molecule has 12 heteroatoms. The van der Waals surface area contributed by atoms with Crippen LogP contribution in [0.1, 0.15) is 11.1 Å². The quantitative estimate of drug-likeness (QED) is 0.132. The number of halogens is 2. The minimum Gasteiger partial charge on any atom is -0.113 e. The maximum atomic E-state index is 9.03. The molecular formula is C24H37Cl2FeO7PPd. The van der Waals surface area contributed by atoms with Crippen molar-refractivity contribution in [2.75, 3.05) is 52.9 Å². The fourth-order valence-corrected chi connectivity index (χ4v) is 3.77. The molecule has 212 valence electrons. The van der Waals surface area contributed by atoms with Gasteiger partial charge in [0.2, 0.25) is 0 Å². The zero-order chi connectivity index (χ0) is 26.4. The summed E-state index contributed by atoms with van der Waals surface area (Å²) in [5, 5.41) is 54.2. The summed E-state index contributed by atoms with van der Waals surface area (Å²) in [6.45, 7) is -3.01. The first-order valence-electron chi connectivity index (χ1n) is 10.8. The molecule has 0 atom stereocenters. The van der Waals surface area contributed by atoms with Crippen molar-refractivity contribution in [3.8, 4) is 0 Å². The van der Waals surface area contributed by atoms with E-state index in [2.05, 4.69) is 60.7 Å². The Morgan fingerprint density at radius 3 is 1.14 bits per heavy atom. The van der Waals surface area contributed by atoms with Crippen molar-refractivity contribution in [2.45, 2.75) is 12.3 Å². The van der Waals surface area contributed by atoms with Crippen LogP contribution in [0.25, 0.3) is 0 Å². The van der Waals surface area contributed by atoms with E-state index < -0.39 is 50.5 Å². The van der Waals surface area contributed by atoms with Crippen LogP contribution in [0.3, 0.4) is 0 Å². The number of hydrogen-bond acceptors (Lipinski definition) is 7. The molecule has 0 spiro atoms. The van der Waals surface area contributed by atoms with Gasteiger partial charge in [-0.2, -0.15) is 0 Å². The Morgan fingerprint density at radius 2 is 0.889 bits per heavy atom. The van der Waals surface area contributed by atoms with Gasteiger partial charge in [-0.25, -0.2) is 0 Å². The fourth-order valence-electron chi connectivity index (χ4n) is 2.60. The van der Waals surface area contributed by atoms with E-state index in [1.165, 1.54) is 23.5 Å². The zero-order valence-electron chi connectivity index (χ0n) is 19.9. The molecule has 0 aliphatic heterocycles. The predicted octanol–water partition coefficient (Wildman–Crippen LogP) is 2.37. The molecule has 0 aliphatic rings. The summed E-state index contributed by atoms with van der Waals surface area (Å²) < 4.78 is 5.15. The van der Waals surface area contributed by atoms with Gasteiger partial charge in [-0.05, 0) is 23.5 Å². The Hall–Kier alpha value is 0.352. The van der Waals surface area contributed by atoms with E-state index in [4.69, 9.17) is 55.6 Å². The third-order valence-corrected chi connectivity index (χ3v) is 6.49. The van der Waals surface area contributed by atoms with Gasteiger partial charge < -0.3 is 35.4 Å².